The topological polar surface area (TPSA) is 32.3 Å². The van der Waals surface area contributed by atoms with E-state index in [9.17, 15) is 5.11 Å². The summed E-state index contributed by atoms with van der Waals surface area (Å²) in [6, 6.07) is 10.1. The molecule has 0 bridgehead atoms. The molecule has 0 aromatic heterocycles. The molecule has 3 atom stereocenters. The Kier molecular flexibility index (Phi) is 3.39. The third kappa shape index (κ3) is 2.39. The highest BCUT2D eigenvalue weighted by molar-refractivity contribution is 5.19. The van der Waals surface area contributed by atoms with Crippen LogP contribution in [0.25, 0.3) is 0 Å². The van der Waals surface area contributed by atoms with Crippen molar-refractivity contribution in [3.63, 3.8) is 0 Å². The molecule has 0 amide bonds. The molecule has 2 N–H and O–H groups in total. The Labute approximate surface area is 91.3 Å². The van der Waals surface area contributed by atoms with Gasteiger partial charge in [0.25, 0.3) is 0 Å². The lowest BCUT2D eigenvalue weighted by Gasteiger charge is -2.33. The van der Waals surface area contributed by atoms with Crippen LogP contribution in [-0.2, 0) is 0 Å². The number of hydrogen-bond acceptors (Lipinski definition) is 2. The molecule has 1 aliphatic heterocycles. The highest BCUT2D eigenvalue weighted by Crippen LogP contribution is 2.26. The van der Waals surface area contributed by atoms with Gasteiger partial charge in [-0.2, -0.15) is 0 Å². The second-order valence-corrected chi connectivity index (χ2v) is 4.45. The predicted octanol–water partition coefficient (Wildman–Crippen LogP) is 2.11. The number of piperidine rings is 1. The Morgan fingerprint density at radius 2 is 2.07 bits per heavy atom. The van der Waals surface area contributed by atoms with E-state index < -0.39 is 0 Å². The van der Waals surface area contributed by atoms with E-state index in [0.717, 1.165) is 12.1 Å². The maximum atomic E-state index is 10.3. The average molecular weight is 205 g/mol. The van der Waals surface area contributed by atoms with Gasteiger partial charge in [-0.3, -0.25) is 0 Å². The van der Waals surface area contributed by atoms with Crippen LogP contribution in [-0.4, -0.2) is 17.7 Å². The van der Waals surface area contributed by atoms with E-state index in [1.54, 1.807) is 0 Å². The van der Waals surface area contributed by atoms with Gasteiger partial charge in [-0.05, 0) is 30.9 Å². The fraction of sp³-hybridized carbons (Fsp3) is 0.538. The number of hydrogen-bond donors (Lipinski definition) is 2. The van der Waals surface area contributed by atoms with Gasteiger partial charge in [0.2, 0.25) is 0 Å². The minimum atomic E-state index is -0.374. The molecule has 2 rings (SSSR count). The molecule has 2 heteroatoms. The molecule has 3 unspecified atom stereocenters. The van der Waals surface area contributed by atoms with Crippen molar-refractivity contribution in [2.24, 2.45) is 5.92 Å². The number of aliphatic hydroxyl groups is 1. The van der Waals surface area contributed by atoms with Gasteiger partial charge < -0.3 is 10.4 Å². The second kappa shape index (κ2) is 4.77. The standard InChI is InChI=1S/C13H19NO/c1-10-6-5-9-14-12(10)13(15)11-7-3-2-4-8-11/h2-4,7-8,10,12-15H,5-6,9H2,1H3. The summed E-state index contributed by atoms with van der Waals surface area (Å²) in [7, 11) is 0. The van der Waals surface area contributed by atoms with Crippen LogP contribution >= 0.6 is 0 Å². The van der Waals surface area contributed by atoms with Crippen LogP contribution in [0.1, 0.15) is 31.4 Å². The largest absolute Gasteiger partial charge is 0.387 e. The molecule has 1 fully saturated rings. The quantitative estimate of drug-likeness (QED) is 0.775. The Morgan fingerprint density at radius 3 is 2.73 bits per heavy atom. The van der Waals surface area contributed by atoms with E-state index >= 15 is 0 Å². The summed E-state index contributed by atoms with van der Waals surface area (Å²) in [5.74, 6) is 0.550. The van der Waals surface area contributed by atoms with Gasteiger partial charge in [0.1, 0.15) is 0 Å². The molecule has 0 aliphatic carbocycles. The van der Waals surface area contributed by atoms with E-state index in [1.807, 2.05) is 30.3 Å². The molecule has 0 radical (unpaired) electrons. The molecular weight excluding hydrogens is 186 g/mol. The summed E-state index contributed by atoms with van der Waals surface area (Å²) in [5.41, 5.74) is 1.02. The zero-order valence-electron chi connectivity index (χ0n) is 9.19. The van der Waals surface area contributed by atoms with Crippen LogP contribution in [0.3, 0.4) is 0 Å². The third-order valence-corrected chi connectivity index (χ3v) is 3.31. The number of aliphatic hydroxyl groups excluding tert-OH is 1. The van der Waals surface area contributed by atoms with Crippen LogP contribution in [0, 0.1) is 5.92 Å². The molecular formula is C13H19NO. The molecule has 0 saturated carbocycles. The van der Waals surface area contributed by atoms with E-state index in [-0.39, 0.29) is 12.1 Å². The summed E-state index contributed by atoms with van der Waals surface area (Å²) in [6.45, 7) is 3.24. The van der Waals surface area contributed by atoms with Crippen LogP contribution < -0.4 is 5.32 Å². The highest BCUT2D eigenvalue weighted by Gasteiger charge is 2.28. The summed E-state index contributed by atoms with van der Waals surface area (Å²) in [6.07, 6.45) is 2.06. The summed E-state index contributed by atoms with van der Waals surface area (Å²) in [5, 5.41) is 13.7. The highest BCUT2D eigenvalue weighted by atomic mass is 16.3. The molecule has 2 nitrogen and oxygen atoms in total. The van der Waals surface area contributed by atoms with Crippen molar-refractivity contribution in [3.05, 3.63) is 35.9 Å². The van der Waals surface area contributed by atoms with Crippen molar-refractivity contribution in [3.8, 4) is 0 Å². The van der Waals surface area contributed by atoms with Crippen molar-refractivity contribution >= 4 is 0 Å². The number of nitrogens with one attached hydrogen (secondary N) is 1. The van der Waals surface area contributed by atoms with Crippen LogP contribution in [0.4, 0.5) is 0 Å². The van der Waals surface area contributed by atoms with E-state index in [2.05, 4.69) is 12.2 Å². The van der Waals surface area contributed by atoms with Crippen molar-refractivity contribution in [1.82, 2.24) is 5.32 Å². The fourth-order valence-electron chi connectivity index (χ4n) is 2.35. The summed E-state index contributed by atoms with van der Waals surface area (Å²) in [4.78, 5) is 0. The minimum Gasteiger partial charge on any atom is -0.387 e. The normalized spacial score (nSPS) is 28.7. The first-order valence-electron chi connectivity index (χ1n) is 5.75. The van der Waals surface area contributed by atoms with Crippen molar-refractivity contribution in [2.45, 2.75) is 31.9 Å². The second-order valence-electron chi connectivity index (χ2n) is 4.45. The first-order chi connectivity index (χ1) is 7.29. The van der Waals surface area contributed by atoms with Gasteiger partial charge in [0.15, 0.2) is 0 Å². The lowest BCUT2D eigenvalue weighted by Crippen LogP contribution is -2.44. The first kappa shape index (κ1) is 10.7. The Morgan fingerprint density at radius 1 is 1.33 bits per heavy atom. The minimum absolute atomic E-state index is 0.209. The Bertz CT molecular complexity index is 299. The molecule has 82 valence electrons. The van der Waals surface area contributed by atoms with Gasteiger partial charge >= 0.3 is 0 Å². The molecule has 1 saturated heterocycles. The fourth-order valence-corrected chi connectivity index (χ4v) is 2.35. The van der Waals surface area contributed by atoms with Crippen LogP contribution in [0.15, 0.2) is 30.3 Å². The van der Waals surface area contributed by atoms with Gasteiger partial charge in [-0.15, -0.1) is 0 Å². The zero-order chi connectivity index (χ0) is 10.7. The molecule has 1 heterocycles. The Balaban J connectivity index is 2.09. The van der Waals surface area contributed by atoms with Crippen molar-refractivity contribution in [2.75, 3.05) is 6.54 Å². The molecule has 1 aromatic carbocycles. The number of rotatable bonds is 2. The maximum absolute atomic E-state index is 10.3. The van der Waals surface area contributed by atoms with Crippen LogP contribution in [0.2, 0.25) is 0 Å². The molecule has 0 spiro atoms. The molecule has 15 heavy (non-hydrogen) atoms. The van der Waals surface area contributed by atoms with Gasteiger partial charge in [0.05, 0.1) is 6.10 Å². The Hall–Kier alpha value is -0.860. The lowest BCUT2D eigenvalue weighted by molar-refractivity contribution is 0.0860. The van der Waals surface area contributed by atoms with E-state index in [1.165, 1.54) is 12.8 Å². The SMILES string of the molecule is CC1CCCNC1C(O)c1ccccc1. The molecule has 1 aromatic rings. The first-order valence-corrected chi connectivity index (χ1v) is 5.75. The number of benzene rings is 1. The van der Waals surface area contributed by atoms with Crippen LogP contribution in [0.5, 0.6) is 0 Å². The average Bonchev–Trinajstić information content (AvgIpc) is 2.30. The van der Waals surface area contributed by atoms with Gasteiger partial charge in [-0.25, -0.2) is 0 Å². The van der Waals surface area contributed by atoms with Crippen molar-refractivity contribution < 1.29 is 5.11 Å². The predicted molar refractivity (Wildman–Crippen MR) is 61.6 cm³/mol. The van der Waals surface area contributed by atoms with Crippen molar-refractivity contribution in [1.29, 1.82) is 0 Å². The zero-order valence-corrected chi connectivity index (χ0v) is 9.19. The van der Waals surface area contributed by atoms with Gasteiger partial charge in [-0.1, -0.05) is 37.3 Å². The molecule has 1 aliphatic rings. The third-order valence-electron chi connectivity index (χ3n) is 3.31. The lowest BCUT2D eigenvalue weighted by atomic mass is 9.86. The summed E-state index contributed by atoms with van der Waals surface area (Å²) < 4.78 is 0. The summed E-state index contributed by atoms with van der Waals surface area (Å²) >= 11 is 0. The van der Waals surface area contributed by atoms with E-state index in [0.29, 0.717) is 5.92 Å². The van der Waals surface area contributed by atoms with E-state index in [4.69, 9.17) is 0 Å². The van der Waals surface area contributed by atoms with Gasteiger partial charge in [0, 0.05) is 6.04 Å². The monoisotopic (exact) mass is 205 g/mol. The smallest absolute Gasteiger partial charge is 0.0945 e. The maximum Gasteiger partial charge on any atom is 0.0945 e.